The van der Waals surface area contributed by atoms with Gasteiger partial charge in [0.05, 0.1) is 4.92 Å². The highest BCUT2D eigenvalue weighted by Gasteiger charge is 2.20. The zero-order valence-electron chi connectivity index (χ0n) is 17.8. The van der Waals surface area contributed by atoms with Crippen LogP contribution in [0.5, 0.6) is 0 Å². The molecule has 1 aliphatic rings. The molecule has 164 valence electrons. The van der Waals surface area contributed by atoms with Gasteiger partial charge in [-0.25, -0.2) is 0 Å². The molecule has 7 heteroatoms. The molecule has 1 aliphatic heterocycles. The summed E-state index contributed by atoms with van der Waals surface area (Å²) in [6.07, 6.45) is 0. The van der Waals surface area contributed by atoms with Gasteiger partial charge in [0.2, 0.25) is 0 Å². The fourth-order valence-electron chi connectivity index (χ4n) is 3.92. The number of hydrogen-bond acceptors (Lipinski definition) is 5. The van der Waals surface area contributed by atoms with Gasteiger partial charge in [-0.15, -0.1) is 0 Å². The van der Waals surface area contributed by atoms with E-state index in [1.807, 2.05) is 30.3 Å². The van der Waals surface area contributed by atoms with Gasteiger partial charge in [-0.2, -0.15) is 0 Å². The first kappa shape index (κ1) is 21.7. The number of carbonyl (C=O) groups excluding carboxylic acids is 1. The van der Waals surface area contributed by atoms with Gasteiger partial charge in [0.15, 0.2) is 0 Å². The highest BCUT2D eigenvalue weighted by atomic mass is 16.6. The molecule has 0 aromatic heterocycles. The molecule has 0 bridgehead atoms. The maximum absolute atomic E-state index is 12.5. The van der Waals surface area contributed by atoms with E-state index in [4.69, 9.17) is 0 Å². The van der Waals surface area contributed by atoms with Crippen LogP contribution in [-0.4, -0.2) is 46.8 Å². The Bertz CT molecular complexity index is 1060. The number of rotatable bonds is 7. The van der Waals surface area contributed by atoms with Crippen LogP contribution in [0.15, 0.2) is 78.9 Å². The number of anilines is 1. The van der Waals surface area contributed by atoms with Crippen molar-refractivity contribution in [1.82, 2.24) is 9.80 Å². The number of nitrogens with zero attached hydrogens (tertiary/aromatic N) is 3. The van der Waals surface area contributed by atoms with Crippen LogP contribution in [0, 0.1) is 10.1 Å². The van der Waals surface area contributed by atoms with Gasteiger partial charge >= 0.3 is 0 Å². The molecule has 0 saturated carbocycles. The Morgan fingerprint density at radius 2 is 1.31 bits per heavy atom. The summed E-state index contributed by atoms with van der Waals surface area (Å²) in [6, 6.07) is 24.2. The van der Waals surface area contributed by atoms with Gasteiger partial charge in [-0.3, -0.25) is 24.7 Å². The summed E-state index contributed by atoms with van der Waals surface area (Å²) < 4.78 is 0. The van der Waals surface area contributed by atoms with E-state index in [1.165, 1.54) is 23.3 Å². The fourth-order valence-corrected chi connectivity index (χ4v) is 3.92. The number of nitro groups is 1. The second-order valence-corrected chi connectivity index (χ2v) is 7.96. The minimum Gasteiger partial charge on any atom is -0.322 e. The highest BCUT2D eigenvalue weighted by Crippen LogP contribution is 2.20. The van der Waals surface area contributed by atoms with Gasteiger partial charge in [0.1, 0.15) is 5.56 Å². The average Bonchev–Trinajstić information content (AvgIpc) is 2.82. The van der Waals surface area contributed by atoms with Crippen molar-refractivity contribution in [2.24, 2.45) is 0 Å². The minimum atomic E-state index is -0.544. The largest absolute Gasteiger partial charge is 0.322 e. The van der Waals surface area contributed by atoms with E-state index in [2.05, 4.69) is 39.4 Å². The molecule has 0 unspecified atom stereocenters. The first-order valence-electron chi connectivity index (χ1n) is 10.7. The number of piperazine rings is 1. The molecule has 0 aliphatic carbocycles. The Balaban J connectivity index is 1.28. The predicted molar refractivity (Wildman–Crippen MR) is 124 cm³/mol. The Labute approximate surface area is 187 Å². The van der Waals surface area contributed by atoms with E-state index in [0.29, 0.717) is 5.69 Å². The molecule has 1 saturated heterocycles. The van der Waals surface area contributed by atoms with Crippen LogP contribution >= 0.6 is 0 Å². The van der Waals surface area contributed by atoms with Gasteiger partial charge in [-0.1, -0.05) is 54.6 Å². The zero-order chi connectivity index (χ0) is 22.3. The van der Waals surface area contributed by atoms with Crippen molar-refractivity contribution in [3.05, 3.63) is 106 Å². The lowest BCUT2D eigenvalue weighted by Gasteiger charge is -2.34. The Kier molecular flexibility index (Phi) is 6.89. The zero-order valence-corrected chi connectivity index (χ0v) is 17.8. The molecule has 0 atom stereocenters. The Morgan fingerprint density at radius 3 is 1.91 bits per heavy atom. The molecule has 1 heterocycles. The first-order chi connectivity index (χ1) is 15.6. The fraction of sp³-hybridized carbons (Fsp3) is 0.240. The van der Waals surface area contributed by atoms with Crippen LogP contribution in [0.2, 0.25) is 0 Å². The molecule has 0 spiro atoms. The monoisotopic (exact) mass is 430 g/mol. The third kappa shape index (κ3) is 5.57. The number of benzene rings is 3. The summed E-state index contributed by atoms with van der Waals surface area (Å²) in [5, 5.41) is 13.9. The standard InChI is InChI=1S/C25H26N4O3/c30-25(23-8-4-5-9-24(23)29(31)32)26-22-12-10-21(11-13-22)19-28-16-14-27(15-17-28)18-20-6-2-1-3-7-20/h1-13H,14-19H2,(H,26,30). The van der Waals surface area contributed by atoms with Crippen LogP contribution in [0.25, 0.3) is 0 Å². The molecule has 0 radical (unpaired) electrons. The Morgan fingerprint density at radius 1 is 0.781 bits per heavy atom. The van der Waals surface area contributed by atoms with Crippen molar-refractivity contribution in [2.75, 3.05) is 31.5 Å². The van der Waals surface area contributed by atoms with Gasteiger partial charge in [-0.05, 0) is 29.3 Å². The van der Waals surface area contributed by atoms with Gasteiger partial charge < -0.3 is 5.32 Å². The van der Waals surface area contributed by atoms with Crippen molar-refractivity contribution in [3.63, 3.8) is 0 Å². The third-order valence-corrected chi connectivity index (χ3v) is 5.68. The van der Waals surface area contributed by atoms with Crippen molar-refractivity contribution in [1.29, 1.82) is 0 Å². The lowest BCUT2D eigenvalue weighted by Crippen LogP contribution is -2.45. The topological polar surface area (TPSA) is 78.7 Å². The summed E-state index contributed by atoms with van der Waals surface area (Å²) >= 11 is 0. The first-order valence-corrected chi connectivity index (χ1v) is 10.7. The second kappa shape index (κ2) is 10.2. The molecule has 32 heavy (non-hydrogen) atoms. The lowest BCUT2D eigenvalue weighted by molar-refractivity contribution is -0.385. The van der Waals surface area contributed by atoms with E-state index in [9.17, 15) is 14.9 Å². The summed E-state index contributed by atoms with van der Waals surface area (Å²) in [4.78, 5) is 28.0. The number of amides is 1. The van der Waals surface area contributed by atoms with Crippen LogP contribution in [0.4, 0.5) is 11.4 Å². The maximum Gasteiger partial charge on any atom is 0.282 e. The summed E-state index contributed by atoms with van der Waals surface area (Å²) in [6.45, 7) is 5.96. The molecule has 7 nitrogen and oxygen atoms in total. The summed E-state index contributed by atoms with van der Waals surface area (Å²) in [5.74, 6) is -0.486. The van der Waals surface area contributed by atoms with Gasteiger partial charge in [0, 0.05) is 51.0 Å². The van der Waals surface area contributed by atoms with Crippen molar-refractivity contribution < 1.29 is 9.72 Å². The van der Waals surface area contributed by atoms with E-state index in [-0.39, 0.29) is 11.3 Å². The summed E-state index contributed by atoms with van der Waals surface area (Å²) in [5.41, 5.74) is 2.98. The lowest BCUT2D eigenvalue weighted by atomic mass is 10.1. The number of hydrogen-bond donors (Lipinski definition) is 1. The number of para-hydroxylation sites is 1. The molecule has 1 N–H and O–H groups in total. The molecule has 1 fully saturated rings. The molecule has 3 aromatic rings. The molecule has 4 rings (SSSR count). The van der Waals surface area contributed by atoms with Crippen molar-refractivity contribution >= 4 is 17.3 Å². The number of nitrogens with one attached hydrogen (secondary N) is 1. The van der Waals surface area contributed by atoms with E-state index < -0.39 is 10.8 Å². The van der Waals surface area contributed by atoms with E-state index >= 15 is 0 Å². The quantitative estimate of drug-likeness (QED) is 0.450. The highest BCUT2D eigenvalue weighted by molar-refractivity contribution is 6.07. The molecular weight excluding hydrogens is 404 g/mol. The Hall–Kier alpha value is -3.55. The maximum atomic E-state index is 12.5. The van der Waals surface area contributed by atoms with Crippen LogP contribution < -0.4 is 5.32 Å². The molecular formula is C25H26N4O3. The third-order valence-electron chi connectivity index (χ3n) is 5.68. The SMILES string of the molecule is O=C(Nc1ccc(CN2CCN(Cc3ccccc3)CC2)cc1)c1ccccc1[N+](=O)[O-]. The summed E-state index contributed by atoms with van der Waals surface area (Å²) in [7, 11) is 0. The van der Waals surface area contributed by atoms with Crippen LogP contribution in [0.3, 0.4) is 0 Å². The average molecular weight is 431 g/mol. The smallest absolute Gasteiger partial charge is 0.282 e. The molecule has 3 aromatic carbocycles. The van der Waals surface area contributed by atoms with E-state index in [1.54, 1.807) is 12.1 Å². The van der Waals surface area contributed by atoms with Gasteiger partial charge in [0.25, 0.3) is 11.6 Å². The van der Waals surface area contributed by atoms with Crippen LogP contribution in [-0.2, 0) is 13.1 Å². The number of carbonyl (C=O) groups is 1. The van der Waals surface area contributed by atoms with E-state index in [0.717, 1.165) is 39.3 Å². The second-order valence-electron chi connectivity index (χ2n) is 7.96. The van der Waals surface area contributed by atoms with Crippen LogP contribution in [0.1, 0.15) is 21.5 Å². The minimum absolute atomic E-state index is 0.0509. The predicted octanol–water partition coefficient (Wildman–Crippen LogP) is 4.16. The molecule has 1 amide bonds. The van der Waals surface area contributed by atoms with Crippen molar-refractivity contribution in [3.8, 4) is 0 Å². The normalized spacial score (nSPS) is 14.8. The van der Waals surface area contributed by atoms with Crippen molar-refractivity contribution in [2.45, 2.75) is 13.1 Å². The number of nitro benzene ring substituents is 1.